The van der Waals surface area contributed by atoms with E-state index >= 15 is 0 Å². The van der Waals surface area contributed by atoms with Gasteiger partial charge in [0.15, 0.2) is 0 Å². The maximum atomic E-state index is 4.46. The van der Waals surface area contributed by atoms with Gasteiger partial charge >= 0.3 is 0 Å². The molecule has 1 aliphatic heterocycles. The molecule has 2 nitrogen and oxygen atoms in total. The molecule has 1 heterocycles. The molecular weight excluding hydrogens is 204 g/mol. The molecule has 1 aliphatic rings. The van der Waals surface area contributed by atoms with Crippen molar-refractivity contribution in [3.63, 3.8) is 0 Å². The number of unbranched alkanes of at least 4 members (excludes halogenated alkanes) is 4. The molecule has 15 heavy (non-hydrogen) atoms. The third-order valence-electron chi connectivity index (χ3n) is 2.81. The first-order valence-corrected chi connectivity index (χ1v) is 7.35. The van der Waals surface area contributed by atoms with Gasteiger partial charge in [0.1, 0.15) is 0 Å². The summed E-state index contributed by atoms with van der Waals surface area (Å²) >= 11 is 1.86. The van der Waals surface area contributed by atoms with E-state index in [9.17, 15) is 0 Å². The van der Waals surface area contributed by atoms with Gasteiger partial charge in [-0.3, -0.25) is 4.99 Å². The molecule has 0 saturated carbocycles. The molecule has 1 rings (SSSR count). The first-order chi connectivity index (χ1) is 7.38. The molecule has 0 aromatic heterocycles. The van der Waals surface area contributed by atoms with E-state index in [1.54, 1.807) is 0 Å². The summed E-state index contributed by atoms with van der Waals surface area (Å²) in [4.78, 5) is 4.46. The van der Waals surface area contributed by atoms with Crippen LogP contribution in [-0.2, 0) is 0 Å². The summed E-state index contributed by atoms with van der Waals surface area (Å²) in [5, 5.41) is 0. The Morgan fingerprint density at radius 2 is 2.27 bits per heavy atom. The van der Waals surface area contributed by atoms with Gasteiger partial charge in [-0.15, -0.1) is 0 Å². The summed E-state index contributed by atoms with van der Waals surface area (Å²) in [6, 6.07) is 0.817. The molecule has 0 radical (unpaired) electrons. The highest BCUT2D eigenvalue weighted by molar-refractivity contribution is 7.96. The second-order valence-corrected chi connectivity index (χ2v) is 5.00. The van der Waals surface area contributed by atoms with E-state index < -0.39 is 0 Å². The van der Waals surface area contributed by atoms with Crippen molar-refractivity contribution in [2.45, 2.75) is 51.5 Å². The molecule has 1 fully saturated rings. The van der Waals surface area contributed by atoms with Gasteiger partial charge in [0.25, 0.3) is 0 Å². The second kappa shape index (κ2) is 8.17. The summed E-state index contributed by atoms with van der Waals surface area (Å²) in [6.07, 6.45) is 12.1. The Kier molecular flexibility index (Phi) is 7.11. The predicted molar refractivity (Wildman–Crippen MR) is 70.7 cm³/mol. The van der Waals surface area contributed by atoms with Crippen LogP contribution in [0.3, 0.4) is 0 Å². The van der Waals surface area contributed by atoms with Crippen molar-refractivity contribution in [3.8, 4) is 0 Å². The lowest BCUT2D eigenvalue weighted by Gasteiger charge is -1.96. The molecule has 88 valence electrons. The van der Waals surface area contributed by atoms with Gasteiger partial charge in [0, 0.05) is 19.1 Å². The monoisotopic (exact) mass is 228 g/mol. The van der Waals surface area contributed by atoms with Crippen molar-refractivity contribution in [2.24, 2.45) is 4.99 Å². The van der Waals surface area contributed by atoms with E-state index in [-0.39, 0.29) is 0 Å². The van der Waals surface area contributed by atoms with Crippen LogP contribution in [0, 0.1) is 0 Å². The molecule has 0 N–H and O–H groups in total. The normalized spacial score (nSPS) is 24.9. The lowest BCUT2D eigenvalue weighted by Crippen LogP contribution is -1.94. The fraction of sp³-hybridized carbons (Fsp3) is 0.917. The van der Waals surface area contributed by atoms with E-state index in [2.05, 4.69) is 28.7 Å². The average Bonchev–Trinajstić information content (AvgIpc) is 3.01. The van der Waals surface area contributed by atoms with Crippen molar-refractivity contribution < 1.29 is 0 Å². The highest BCUT2D eigenvalue weighted by atomic mass is 32.2. The molecule has 3 heteroatoms. The van der Waals surface area contributed by atoms with E-state index in [1.165, 1.54) is 45.1 Å². The molecule has 0 aliphatic carbocycles. The number of aliphatic imine (C=N–C) groups is 1. The zero-order valence-electron chi connectivity index (χ0n) is 10.1. The van der Waals surface area contributed by atoms with Crippen LogP contribution in [0.1, 0.15) is 45.4 Å². The van der Waals surface area contributed by atoms with Crippen LogP contribution in [0.4, 0.5) is 0 Å². The minimum atomic E-state index is 0.817. The van der Waals surface area contributed by atoms with E-state index in [1.807, 2.05) is 11.9 Å². The van der Waals surface area contributed by atoms with Crippen LogP contribution in [0.15, 0.2) is 4.99 Å². The Bertz CT molecular complexity index is 182. The molecule has 0 amide bonds. The quantitative estimate of drug-likeness (QED) is 0.260. The Hall–Kier alpha value is -0.0200. The Morgan fingerprint density at radius 3 is 2.93 bits per heavy atom. The van der Waals surface area contributed by atoms with E-state index in [0.29, 0.717) is 0 Å². The van der Waals surface area contributed by atoms with Crippen LogP contribution in [0.2, 0.25) is 0 Å². The van der Waals surface area contributed by atoms with Crippen LogP contribution < -0.4 is 0 Å². The minimum absolute atomic E-state index is 0.817. The lowest BCUT2D eigenvalue weighted by molar-refractivity contribution is 0.683. The van der Waals surface area contributed by atoms with Crippen LogP contribution >= 0.6 is 11.9 Å². The zero-order valence-corrected chi connectivity index (χ0v) is 10.9. The van der Waals surface area contributed by atoms with Gasteiger partial charge in [-0.05, 0) is 31.7 Å². The van der Waals surface area contributed by atoms with Crippen LogP contribution in [-0.4, -0.2) is 35.9 Å². The third kappa shape index (κ3) is 6.21. The second-order valence-electron chi connectivity index (χ2n) is 4.16. The van der Waals surface area contributed by atoms with Crippen LogP contribution in [0.25, 0.3) is 0 Å². The van der Waals surface area contributed by atoms with Crippen molar-refractivity contribution >= 4 is 18.2 Å². The highest BCUT2D eigenvalue weighted by Crippen LogP contribution is 2.27. The summed E-state index contributed by atoms with van der Waals surface area (Å²) in [7, 11) is 0. The number of hydrogen-bond donors (Lipinski definition) is 0. The van der Waals surface area contributed by atoms with Crippen LogP contribution in [0.5, 0.6) is 0 Å². The van der Waals surface area contributed by atoms with Crippen molar-refractivity contribution in [3.05, 3.63) is 0 Å². The molecule has 1 saturated heterocycles. The fourth-order valence-corrected chi connectivity index (χ4v) is 2.41. The van der Waals surface area contributed by atoms with Crippen molar-refractivity contribution in [1.29, 1.82) is 0 Å². The topological polar surface area (TPSA) is 15.4 Å². The molecule has 0 bridgehead atoms. The van der Waals surface area contributed by atoms with E-state index in [4.69, 9.17) is 0 Å². The molecule has 2 unspecified atom stereocenters. The van der Waals surface area contributed by atoms with Gasteiger partial charge in [-0.25, -0.2) is 4.31 Å². The Morgan fingerprint density at radius 1 is 1.40 bits per heavy atom. The van der Waals surface area contributed by atoms with Crippen molar-refractivity contribution in [2.75, 3.05) is 19.3 Å². The third-order valence-corrected chi connectivity index (χ3v) is 3.72. The Balaban J connectivity index is 1.81. The molecular formula is C12H24N2S. The SMILES string of the molecule is CCCCCCC=NCCC1CN1SC. The van der Waals surface area contributed by atoms with Crippen molar-refractivity contribution in [1.82, 2.24) is 4.31 Å². The lowest BCUT2D eigenvalue weighted by atomic mass is 10.2. The minimum Gasteiger partial charge on any atom is -0.297 e. The Labute approximate surface area is 98.7 Å². The molecule has 0 aromatic rings. The smallest absolute Gasteiger partial charge is 0.0401 e. The first kappa shape index (κ1) is 13.0. The molecule has 0 aromatic carbocycles. The summed E-state index contributed by atoms with van der Waals surface area (Å²) in [6.45, 7) is 4.55. The van der Waals surface area contributed by atoms with Gasteiger partial charge < -0.3 is 0 Å². The predicted octanol–water partition coefficient (Wildman–Crippen LogP) is 3.38. The maximum Gasteiger partial charge on any atom is 0.0401 e. The van der Waals surface area contributed by atoms with Gasteiger partial charge in [0.2, 0.25) is 0 Å². The fourth-order valence-electron chi connectivity index (χ4n) is 1.69. The van der Waals surface area contributed by atoms with Gasteiger partial charge in [0.05, 0.1) is 0 Å². The number of hydrogen-bond acceptors (Lipinski definition) is 3. The molecule has 2 atom stereocenters. The van der Waals surface area contributed by atoms with Gasteiger partial charge in [-0.1, -0.05) is 38.1 Å². The number of nitrogens with zero attached hydrogens (tertiary/aromatic N) is 2. The number of rotatable bonds is 9. The summed E-state index contributed by atoms with van der Waals surface area (Å²) in [5.41, 5.74) is 0. The highest BCUT2D eigenvalue weighted by Gasteiger charge is 2.32. The van der Waals surface area contributed by atoms with E-state index in [0.717, 1.165) is 12.6 Å². The first-order valence-electron chi connectivity index (χ1n) is 6.17. The molecule has 0 spiro atoms. The largest absolute Gasteiger partial charge is 0.297 e. The standard InChI is InChI=1S/C12H24N2S/c1-3-4-5-6-7-9-13-10-8-12-11-14(12)15-2/h9,12H,3-8,10-11H2,1-2H3. The average molecular weight is 228 g/mol. The summed E-state index contributed by atoms with van der Waals surface area (Å²) < 4.78 is 2.41. The maximum absolute atomic E-state index is 4.46. The zero-order chi connectivity index (χ0) is 10.9. The van der Waals surface area contributed by atoms with Gasteiger partial charge in [-0.2, -0.15) is 0 Å². The summed E-state index contributed by atoms with van der Waals surface area (Å²) in [5.74, 6) is 0.